The lowest BCUT2D eigenvalue weighted by atomic mass is 9.69. The van der Waals surface area contributed by atoms with E-state index in [1.807, 2.05) is 13.0 Å². The van der Waals surface area contributed by atoms with E-state index in [0.717, 1.165) is 18.5 Å². The van der Waals surface area contributed by atoms with E-state index in [4.69, 9.17) is 4.74 Å². The first kappa shape index (κ1) is 15.7. The molecule has 4 rings (SSSR count). The van der Waals surface area contributed by atoms with Crippen LogP contribution in [0.5, 0.6) is 0 Å². The summed E-state index contributed by atoms with van der Waals surface area (Å²) in [5, 5.41) is 8.96. The van der Waals surface area contributed by atoms with Crippen LogP contribution in [0.3, 0.4) is 0 Å². The summed E-state index contributed by atoms with van der Waals surface area (Å²) in [6, 6.07) is 8.82. The molecule has 1 saturated carbocycles. The van der Waals surface area contributed by atoms with Crippen LogP contribution in [0.25, 0.3) is 11.3 Å². The molecule has 3 nitrogen and oxygen atoms in total. The first-order valence-electron chi connectivity index (χ1n) is 8.72. The average Bonchev–Trinajstić information content (AvgIpc) is 2.94. The zero-order valence-electron chi connectivity index (χ0n) is 14.5. The molecule has 1 fully saturated rings. The normalized spacial score (nSPS) is 26.6. The van der Waals surface area contributed by atoms with Crippen LogP contribution < -0.4 is 0 Å². The van der Waals surface area contributed by atoms with E-state index in [2.05, 4.69) is 30.1 Å². The molecule has 1 aromatic carbocycles. The lowest BCUT2D eigenvalue weighted by Gasteiger charge is -2.37. The molecule has 2 bridgehead atoms. The van der Waals surface area contributed by atoms with Crippen LogP contribution in [0.2, 0.25) is 0 Å². The van der Waals surface area contributed by atoms with E-state index in [1.165, 1.54) is 11.6 Å². The summed E-state index contributed by atoms with van der Waals surface area (Å²) in [6.07, 6.45) is 2.22. The Morgan fingerprint density at radius 3 is 2.79 bits per heavy atom. The van der Waals surface area contributed by atoms with Crippen LogP contribution in [0, 0.1) is 11.2 Å². The van der Waals surface area contributed by atoms with Gasteiger partial charge in [-0.2, -0.15) is 10.2 Å². The number of benzene rings is 1. The van der Waals surface area contributed by atoms with Gasteiger partial charge in [-0.3, -0.25) is 0 Å². The maximum absolute atomic E-state index is 14.1. The Kier molecular flexibility index (Phi) is 3.50. The standard InChI is InChI=1S/C20H23FN2O/c1-4-24-12-20-10-9-15(19(20,2)3)14-11-17(22-23-18(14)20)13-7-5-6-8-16(13)21/h5-8,11,15H,4,9-10,12H2,1-3H3/t15-,20-/m1/s1. The van der Waals surface area contributed by atoms with Gasteiger partial charge in [0.15, 0.2) is 0 Å². The second kappa shape index (κ2) is 5.35. The molecule has 2 aromatic rings. The fraction of sp³-hybridized carbons (Fsp3) is 0.500. The molecule has 0 spiro atoms. The van der Waals surface area contributed by atoms with Crippen molar-refractivity contribution in [1.29, 1.82) is 0 Å². The third-order valence-corrected chi connectivity index (χ3v) is 6.32. The van der Waals surface area contributed by atoms with Gasteiger partial charge in [-0.15, -0.1) is 0 Å². The van der Waals surface area contributed by atoms with Gasteiger partial charge in [0.05, 0.1) is 18.0 Å². The number of hydrogen-bond donors (Lipinski definition) is 0. The summed E-state index contributed by atoms with van der Waals surface area (Å²) in [6.45, 7) is 8.05. The van der Waals surface area contributed by atoms with Crippen LogP contribution in [0.4, 0.5) is 4.39 Å². The molecule has 0 N–H and O–H groups in total. The van der Waals surface area contributed by atoms with Crippen molar-refractivity contribution >= 4 is 0 Å². The van der Waals surface area contributed by atoms with Crippen LogP contribution >= 0.6 is 0 Å². The van der Waals surface area contributed by atoms with Gasteiger partial charge in [0.25, 0.3) is 0 Å². The van der Waals surface area contributed by atoms with Crippen LogP contribution in [-0.4, -0.2) is 23.4 Å². The van der Waals surface area contributed by atoms with Gasteiger partial charge in [-0.25, -0.2) is 4.39 Å². The Hall–Kier alpha value is -1.81. The molecule has 4 heteroatoms. The summed E-state index contributed by atoms with van der Waals surface area (Å²) < 4.78 is 20.0. The minimum absolute atomic E-state index is 0.0657. The topological polar surface area (TPSA) is 35.0 Å². The van der Waals surface area contributed by atoms with Gasteiger partial charge in [-0.05, 0) is 54.9 Å². The number of halogens is 1. The number of aromatic nitrogens is 2. The highest BCUT2D eigenvalue weighted by atomic mass is 19.1. The number of hydrogen-bond acceptors (Lipinski definition) is 3. The fourth-order valence-electron chi connectivity index (χ4n) is 4.82. The molecule has 1 aromatic heterocycles. The van der Waals surface area contributed by atoms with Crippen molar-refractivity contribution in [1.82, 2.24) is 10.2 Å². The number of rotatable bonds is 4. The third-order valence-electron chi connectivity index (χ3n) is 6.32. The van der Waals surface area contributed by atoms with Gasteiger partial charge < -0.3 is 4.74 Å². The molecule has 2 aliphatic carbocycles. The van der Waals surface area contributed by atoms with Crippen molar-refractivity contribution in [2.24, 2.45) is 5.41 Å². The molecule has 0 aliphatic heterocycles. The molecule has 0 saturated heterocycles. The zero-order chi connectivity index (χ0) is 16.9. The van der Waals surface area contributed by atoms with E-state index in [0.29, 0.717) is 30.4 Å². The summed E-state index contributed by atoms with van der Waals surface area (Å²) in [5.41, 5.74) is 3.47. The Labute approximate surface area is 142 Å². The molecule has 2 atom stereocenters. The molecule has 0 radical (unpaired) electrons. The van der Waals surface area contributed by atoms with Crippen molar-refractivity contribution in [3.05, 3.63) is 47.4 Å². The highest BCUT2D eigenvalue weighted by Crippen LogP contribution is 2.67. The van der Waals surface area contributed by atoms with E-state index in [1.54, 1.807) is 12.1 Å². The van der Waals surface area contributed by atoms with E-state index >= 15 is 0 Å². The number of nitrogens with zero attached hydrogens (tertiary/aromatic N) is 2. The van der Waals surface area contributed by atoms with Crippen LogP contribution in [-0.2, 0) is 10.2 Å². The molecule has 0 amide bonds. The van der Waals surface area contributed by atoms with Crippen molar-refractivity contribution in [2.75, 3.05) is 13.2 Å². The zero-order valence-corrected chi connectivity index (χ0v) is 14.5. The van der Waals surface area contributed by atoms with Gasteiger partial charge in [0, 0.05) is 17.6 Å². The largest absolute Gasteiger partial charge is 0.381 e. The number of ether oxygens (including phenoxy) is 1. The first-order valence-corrected chi connectivity index (χ1v) is 8.72. The smallest absolute Gasteiger partial charge is 0.132 e. The summed E-state index contributed by atoms with van der Waals surface area (Å²) in [5.74, 6) is 0.187. The maximum atomic E-state index is 14.1. The van der Waals surface area contributed by atoms with Gasteiger partial charge in [-0.1, -0.05) is 26.0 Å². The summed E-state index contributed by atoms with van der Waals surface area (Å²) in [7, 11) is 0. The first-order chi connectivity index (χ1) is 11.5. The molecule has 126 valence electrons. The van der Waals surface area contributed by atoms with Crippen molar-refractivity contribution in [3.8, 4) is 11.3 Å². The third kappa shape index (κ3) is 1.92. The fourth-order valence-corrected chi connectivity index (χ4v) is 4.82. The molecule has 2 aliphatic rings. The van der Waals surface area contributed by atoms with Gasteiger partial charge in [0.1, 0.15) is 5.82 Å². The molecule has 0 unspecified atom stereocenters. The van der Waals surface area contributed by atoms with E-state index in [9.17, 15) is 4.39 Å². The summed E-state index contributed by atoms with van der Waals surface area (Å²) >= 11 is 0. The maximum Gasteiger partial charge on any atom is 0.132 e. The van der Waals surface area contributed by atoms with E-state index in [-0.39, 0.29) is 16.6 Å². The Morgan fingerprint density at radius 1 is 1.25 bits per heavy atom. The Balaban J connectivity index is 1.83. The molecule has 24 heavy (non-hydrogen) atoms. The molecule has 1 heterocycles. The van der Waals surface area contributed by atoms with Crippen LogP contribution in [0.15, 0.2) is 30.3 Å². The van der Waals surface area contributed by atoms with Crippen LogP contribution in [0.1, 0.15) is 50.8 Å². The lowest BCUT2D eigenvalue weighted by Crippen LogP contribution is -2.40. The highest BCUT2D eigenvalue weighted by Gasteiger charge is 2.63. The molecular weight excluding hydrogens is 303 g/mol. The quantitative estimate of drug-likeness (QED) is 0.831. The highest BCUT2D eigenvalue weighted by molar-refractivity contribution is 5.62. The lowest BCUT2D eigenvalue weighted by molar-refractivity contribution is 0.0465. The van der Waals surface area contributed by atoms with Crippen molar-refractivity contribution in [3.63, 3.8) is 0 Å². The minimum atomic E-state index is -0.252. The predicted octanol–water partition coefficient (Wildman–Crippen LogP) is 4.47. The van der Waals surface area contributed by atoms with Gasteiger partial charge >= 0.3 is 0 Å². The second-order valence-corrected chi connectivity index (χ2v) is 7.55. The minimum Gasteiger partial charge on any atom is -0.381 e. The average molecular weight is 326 g/mol. The van der Waals surface area contributed by atoms with Gasteiger partial charge in [0.2, 0.25) is 0 Å². The summed E-state index contributed by atoms with van der Waals surface area (Å²) in [4.78, 5) is 0. The SMILES string of the molecule is CCOC[C@]12CC[C@H](c3cc(-c4ccccc4F)nnc31)C2(C)C. The Morgan fingerprint density at radius 2 is 2.04 bits per heavy atom. The number of fused-ring (bicyclic) bond motifs is 5. The van der Waals surface area contributed by atoms with Crippen molar-refractivity contribution in [2.45, 2.75) is 44.9 Å². The monoisotopic (exact) mass is 326 g/mol. The Bertz CT molecular complexity index is 789. The van der Waals surface area contributed by atoms with Crippen molar-refractivity contribution < 1.29 is 9.13 Å². The predicted molar refractivity (Wildman–Crippen MR) is 91.4 cm³/mol. The second-order valence-electron chi connectivity index (χ2n) is 7.55. The van der Waals surface area contributed by atoms with E-state index < -0.39 is 0 Å². The molecular formula is C20H23FN2O.